The molecule has 0 radical (unpaired) electrons. The molecule has 2 fully saturated rings. The van der Waals surface area contributed by atoms with Crippen molar-refractivity contribution in [1.29, 1.82) is 0 Å². The summed E-state index contributed by atoms with van der Waals surface area (Å²) in [6.07, 6.45) is -4.30. The second-order valence-corrected chi connectivity index (χ2v) is 9.05. The van der Waals surface area contributed by atoms with Crippen LogP contribution >= 0.6 is 0 Å². The lowest BCUT2D eigenvalue weighted by molar-refractivity contribution is -0.228. The SMILES string of the molecule is CC(=O)O[C@@H]1[C@H]2OC(C)(C)O[C@H]2O[C@@H]1[C@H](COC(=O)c1ccccc1)OS(C)(=O)=O. The zero-order chi connectivity index (χ0) is 22.1. The lowest BCUT2D eigenvalue weighted by Gasteiger charge is -2.29. The molecule has 5 atom stereocenters. The van der Waals surface area contributed by atoms with Gasteiger partial charge >= 0.3 is 11.9 Å². The van der Waals surface area contributed by atoms with Gasteiger partial charge < -0.3 is 23.7 Å². The molecule has 3 rings (SSSR count). The lowest BCUT2D eigenvalue weighted by Crippen LogP contribution is -2.47. The third kappa shape index (κ3) is 5.55. The number of carbonyl (C=O) groups is 2. The van der Waals surface area contributed by atoms with Gasteiger partial charge in [-0.25, -0.2) is 4.79 Å². The van der Waals surface area contributed by atoms with Crippen molar-refractivity contribution in [2.24, 2.45) is 0 Å². The molecule has 2 aliphatic rings. The van der Waals surface area contributed by atoms with Gasteiger partial charge in [0, 0.05) is 6.92 Å². The molecule has 0 unspecified atom stereocenters. The van der Waals surface area contributed by atoms with E-state index in [1.54, 1.807) is 44.2 Å². The van der Waals surface area contributed by atoms with E-state index in [2.05, 4.69) is 0 Å². The first-order valence-corrected chi connectivity index (χ1v) is 11.1. The molecule has 10 nitrogen and oxygen atoms in total. The number of hydrogen-bond acceptors (Lipinski definition) is 10. The molecule has 2 aliphatic heterocycles. The Balaban J connectivity index is 1.79. The molecule has 1 aromatic carbocycles. The van der Waals surface area contributed by atoms with Gasteiger partial charge in [0.1, 0.15) is 18.8 Å². The van der Waals surface area contributed by atoms with Crippen LogP contribution in [0.2, 0.25) is 0 Å². The minimum absolute atomic E-state index is 0.282. The van der Waals surface area contributed by atoms with E-state index in [4.69, 9.17) is 27.9 Å². The largest absolute Gasteiger partial charge is 0.459 e. The Morgan fingerprint density at radius 1 is 1.17 bits per heavy atom. The number of hydrogen-bond donors (Lipinski definition) is 0. The van der Waals surface area contributed by atoms with E-state index in [1.165, 1.54) is 6.92 Å². The Kier molecular flexibility index (Phi) is 6.48. The molecule has 1 aromatic rings. The molecule has 166 valence electrons. The van der Waals surface area contributed by atoms with Crippen molar-refractivity contribution in [2.45, 2.75) is 57.3 Å². The molecule has 0 bridgehead atoms. The number of esters is 2. The highest BCUT2D eigenvalue weighted by Crippen LogP contribution is 2.40. The van der Waals surface area contributed by atoms with Gasteiger partial charge in [0.15, 0.2) is 24.3 Å². The van der Waals surface area contributed by atoms with Crippen LogP contribution in [0.25, 0.3) is 0 Å². The second-order valence-electron chi connectivity index (χ2n) is 7.45. The number of benzene rings is 1. The Hall–Kier alpha value is -2.05. The Bertz CT molecular complexity index is 882. The predicted molar refractivity (Wildman–Crippen MR) is 101 cm³/mol. The van der Waals surface area contributed by atoms with Crippen molar-refractivity contribution in [3.63, 3.8) is 0 Å². The first-order valence-electron chi connectivity index (χ1n) is 9.24. The van der Waals surface area contributed by atoms with Crippen LogP contribution in [0.1, 0.15) is 31.1 Å². The normalized spacial score (nSPS) is 28.5. The maximum Gasteiger partial charge on any atom is 0.338 e. The highest BCUT2D eigenvalue weighted by molar-refractivity contribution is 7.86. The smallest absolute Gasteiger partial charge is 0.338 e. The van der Waals surface area contributed by atoms with Crippen LogP contribution in [-0.4, -0.2) is 69.7 Å². The molecule has 0 aliphatic carbocycles. The van der Waals surface area contributed by atoms with E-state index in [-0.39, 0.29) is 5.56 Å². The zero-order valence-electron chi connectivity index (χ0n) is 17.0. The third-order valence-electron chi connectivity index (χ3n) is 4.38. The summed E-state index contributed by atoms with van der Waals surface area (Å²) in [5, 5.41) is 0. The molecule has 2 saturated heterocycles. The molecule has 11 heteroatoms. The average molecular weight is 444 g/mol. The summed E-state index contributed by atoms with van der Waals surface area (Å²) in [7, 11) is -3.97. The highest BCUT2D eigenvalue weighted by atomic mass is 32.2. The molecule has 0 spiro atoms. The summed E-state index contributed by atoms with van der Waals surface area (Å²) in [5.41, 5.74) is 0.282. The molecule has 0 amide bonds. The van der Waals surface area contributed by atoms with Crippen LogP contribution in [0.4, 0.5) is 0 Å². The average Bonchev–Trinajstić information content (AvgIpc) is 3.10. The topological polar surface area (TPSA) is 124 Å². The minimum Gasteiger partial charge on any atom is -0.459 e. The van der Waals surface area contributed by atoms with Gasteiger partial charge in [-0.1, -0.05) is 18.2 Å². The summed E-state index contributed by atoms with van der Waals surface area (Å²) in [6, 6.07) is 8.17. The van der Waals surface area contributed by atoms with Crippen LogP contribution in [0, 0.1) is 0 Å². The summed E-state index contributed by atoms with van der Waals surface area (Å²) < 4.78 is 56.5. The van der Waals surface area contributed by atoms with E-state index < -0.39 is 65.2 Å². The number of ether oxygens (including phenoxy) is 5. The number of fused-ring (bicyclic) bond motifs is 1. The van der Waals surface area contributed by atoms with E-state index in [0.717, 1.165) is 6.26 Å². The predicted octanol–water partition coefficient (Wildman–Crippen LogP) is 0.996. The number of rotatable bonds is 7. The fourth-order valence-corrected chi connectivity index (χ4v) is 3.96. The van der Waals surface area contributed by atoms with Crippen LogP contribution in [0.5, 0.6) is 0 Å². The second kappa shape index (κ2) is 8.60. The maximum atomic E-state index is 12.3. The monoisotopic (exact) mass is 444 g/mol. The Morgan fingerprint density at radius 3 is 2.43 bits per heavy atom. The third-order valence-corrected chi connectivity index (χ3v) is 4.98. The van der Waals surface area contributed by atoms with Gasteiger partial charge in [0.05, 0.1) is 11.8 Å². The van der Waals surface area contributed by atoms with Crippen LogP contribution < -0.4 is 0 Å². The summed E-state index contributed by atoms with van der Waals surface area (Å²) in [6.45, 7) is 4.07. The van der Waals surface area contributed by atoms with Crippen molar-refractivity contribution >= 4 is 22.1 Å². The molecule has 0 N–H and O–H groups in total. The number of carbonyl (C=O) groups excluding carboxylic acids is 2. The van der Waals surface area contributed by atoms with Gasteiger partial charge in [-0.2, -0.15) is 8.42 Å². The molecule has 0 saturated carbocycles. The fraction of sp³-hybridized carbons (Fsp3) is 0.579. The lowest BCUT2D eigenvalue weighted by atomic mass is 10.1. The summed E-state index contributed by atoms with van der Waals surface area (Å²) >= 11 is 0. The molecule has 2 heterocycles. The molecular formula is C19H24O10S. The Morgan fingerprint density at radius 2 is 1.83 bits per heavy atom. The summed E-state index contributed by atoms with van der Waals surface area (Å²) in [4.78, 5) is 23.9. The van der Waals surface area contributed by atoms with E-state index in [9.17, 15) is 18.0 Å². The van der Waals surface area contributed by atoms with Crippen molar-refractivity contribution in [3.05, 3.63) is 35.9 Å². The van der Waals surface area contributed by atoms with Gasteiger partial charge in [-0.05, 0) is 26.0 Å². The van der Waals surface area contributed by atoms with Crippen molar-refractivity contribution in [3.8, 4) is 0 Å². The fourth-order valence-electron chi connectivity index (χ4n) is 3.35. The van der Waals surface area contributed by atoms with Crippen molar-refractivity contribution in [1.82, 2.24) is 0 Å². The highest BCUT2D eigenvalue weighted by Gasteiger charge is 2.59. The molecular weight excluding hydrogens is 420 g/mol. The van der Waals surface area contributed by atoms with Gasteiger partial charge in [-0.15, -0.1) is 0 Å². The van der Waals surface area contributed by atoms with Gasteiger partial charge in [-0.3, -0.25) is 8.98 Å². The molecule has 30 heavy (non-hydrogen) atoms. The van der Waals surface area contributed by atoms with Crippen molar-refractivity contribution < 1.29 is 45.9 Å². The van der Waals surface area contributed by atoms with Crippen LogP contribution in [0.3, 0.4) is 0 Å². The minimum atomic E-state index is -3.97. The Labute approximate surface area is 174 Å². The van der Waals surface area contributed by atoms with Gasteiger partial charge in [0.2, 0.25) is 0 Å². The van der Waals surface area contributed by atoms with Crippen LogP contribution in [0.15, 0.2) is 30.3 Å². The van der Waals surface area contributed by atoms with E-state index >= 15 is 0 Å². The van der Waals surface area contributed by atoms with E-state index in [0.29, 0.717) is 0 Å². The summed E-state index contributed by atoms with van der Waals surface area (Å²) in [5.74, 6) is -2.28. The van der Waals surface area contributed by atoms with E-state index in [1.807, 2.05) is 0 Å². The van der Waals surface area contributed by atoms with Gasteiger partial charge in [0.25, 0.3) is 10.1 Å². The first kappa shape index (κ1) is 22.6. The molecule has 0 aromatic heterocycles. The maximum absolute atomic E-state index is 12.3. The first-order chi connectivity index (χ1) is 14.0. The van der Waals surface area contributed by atoms with Crippen molar-refractivity contribution in [2.75, 3.05) is 12.9 Å². The zero-order valence-corrected chi connectivity index (χ0v) is 17.8. The van der Waals surface area contributed by atoms with Crippen LogP contribution in [-0.2, 0) is 42.8 Å². The standard InChI is InChI=1S/C19H24O10S/c1-11(20)25-15-14(26-18-16(15)27-19(2,3)28-18)13(29-30(4,22)23)10-24-17(21)12-8-6-5-7-9-12/h5-9,13-16,18H,10H2,1-4H3/t13-,14+,15-,16+,18+/m0/s1. The quantitative estimate of drug-likeness (QED) is 0.444.